The van der Waals surface area contributed by atoms with Crippen LogP contribution in [0.5, 0.6) is 0 Å². The molecule has 0 heterocycles. The highest BCUT2D eigenvalue weighted by Crippen LogP contribution is 2.24. The van der Waals surface area contributed by atoms with Crippen molar-refractivity contribution in [3.05, 3.63) is 0 Å². The van der Waals surface area contributed by atoms with Crippen molar-refractivity contribution in [1.29, 1.82) is 0 Å². The molecule has 0 saturated carbocycles. The Bertz CT molecular complexity index is 97.0. The van der Waals surface area contributed by atoms with E-state index < -0.39 is 0 Å². The van der Waals surface area contributed by atoms with E-state index in [2.05, 4.69) is 41.4 Å². The molecule has 0 radical (unpaired) electrons. The largest absolute Gasteiger partial charge is 0.140 e. The molecule has 0 aliphatic carbocycles. The summed E-state index contributed by atoms with van der Waals surface area (Å²) in [5.74, 6) is 2.56. The summed E-state index contributed by atoms with van der Waals surface area (Å²) in [4.78, 5) is 0. The van der Waals surface area contributed by atoms with Crippen LogP contribution in [0.2, 0.25) is 19.0 Å². The third kappa shape index (κ3) is 4.50. The molecule has 0 N–H and O–H groups in total. The number of hydrogen-bond acceptors (Lipinski definition) is 0. The normalized spacial score (nSPS) is 14.2. The van der Waals surface area contributed by atoms with Crippen molar-refractivity contribution < 1.29 is 0 Å². The lowest BCUT2D eigenvalue weighted by atomic mass is 9.38. The Morgan fingerprint density at radius 2 is 1.45 bits per heavy atom. The maximum Gasteiger partial charge on any atom is 0.140 e. The van der Waals surface area contributed by atoms with Crippen LogP contribution in [0.4, 0.5) is 0 Å². The Morgan fingerprint density at radius 1 is 1.00 bits per heavy atom. The van der Waals surface area contributed by atoms with Crippen molar-refractivity contribution in [1.82, 2.24) is 0 Å². The van der Waals surface area contributed by atoms with Crippen LogP contribution in [0.25, 0.3) is 0 Å². The smallest absolute Gasteiger partial charge is 0.0859 e. The lowest BCUT2D eigenvalue weighted by Crippen LogP contribution is -2.20. The third-order valence-corrected chi connectivity index (χ3v) is 2.79. The van der Waals surface area contributed by atoms with Crippen LogP contribution in [0, 0.1) is 11.8 Å². The predicted molar refractivity (Wildman–Crippen MR) is 55.5 cm³/mol. The van der Waals surface area contributed by atoms with E-state index in [0.717, 1.165) is 24.4 Å². The molecule has 1 unspecified atom stereocenters. The first-order valence-electron chi connectivity index (χ1n) is 4.95. The molecule has 0 fully saturated rings. The zero-order chi connectivity index (χ0) is 9.02. The Labute approximate surface area is 72.8 Å². The highest BCUT2D eigenvalue weighted by molar-refractivity contribution is 6.59. The van der Waals surface area contributed by atoms with E-state index in [0.29, 0.717) is 0 Å². The minimum absolute atomic E-state index is 0.837. The van der Waals surface area contributed by atoms with E-state index in [1.807, 2.05) is 0 Å². The first-order chi connectivity index (χ1) is 4.95. The van der Waals surface area contributed by atoms with Gasteiger partial charge in [0.2, 0.25) is 0 Å². The SMILES string of the molecule is CB(CC(C)C)C(C)C(C)C. The second-order valence-electron chi connectivity index (χ2n) is 4.71. The van der Waals surface area contributed by atoms with E-state index >= 15 is 0 Å². The maximum absolute atomic E-state index is 2.38. The molecule has 1 atom stereocenters. The molecule has 0 aromatic carbocycles. The van der Waals surface area contributed by atoms with E-state index in [9.17, 15) is 0 Å². The second-order valence-corrected chi connectivity index (χ2v) is 4.71. The van der Waals surface area contributed by atoms with Gasteiger partial charge in [-0.15, -0.1) is 0 Å². The molecule has 0 aliphatic rings. The van der Waals surface area contributed by atoms with Crippen LogP contribution in [-0.2, 0) is 0 Å². The van der Waals surface area contributed by atoms with Crippen molar-refractivity contribution >= 4 is 6.71 Å². The van der Waals surface area contributed by atoms with Gasteiger partial charge in [-0.1, -0.05) is 65.4 Å². The lowest BCUT2D eigenvalue weighted by Gasteiger charge is -2.22. The number of rotatable bonds is 4. The van der Waals surface area contributed by atoms with Crippen LogP contribution in [0.3, 0.4) is 0 Å². The van der Waals surface area contributed by atoms with Gasteiger partial charge in [-0.3, -0.25) is 0 Å². The van der Waals surface area contributed by atoms with Crippen molar-refractivity contribution in [3.63, 3.8) is 0 Å². The van der Waals surface area contributed by atoms with Gasteiger partial charge in [0, 0.05) is 0 Å². The quantitative estimate of drug-likeness (QED) is 0.540. The monoisotopic (exact) mass is 154 g/mol. The molecule has 11 heavy (non-hydrogen) atoms. The van der Waals surface area contributed by atoms with E-state index in [-0.39, 0.29) is 0 Å². The molecule has 0 spiro atoms. The van der Waals surface area contributed by atoms with Crippen LogP contribution in [0.1, 0.15) is 34.6 Å². The van der Waals surface area contributed by atoms with Crippen LogP contribution in [0.15, 0.2) is 0 Å². The first-order valence-corrected chi connectivity index (χ1v) is 4.95. The summed E-state index contributed by atoms with van der Waals surface area (Å²) in [7, 11) is 0. The number of hydrogen-bond donors (Lipinski definition) is 0. The molecule has 0 amide bonds. The van der Waals surface area contributed by atoms with Gasteiger partial charge in [0.25, 0.3) is 0 Å². The van der Waals surface area contributed by atoms with Crippen LogP contribution in [-0.4, -0.2) is 6.71 Å². The predicted octanol–water partition coefficient (Wildman–Crippen LogP) is 3.81. The summed E-state index contributed by atoms with van der Waals surface area (Å²) in [6.45, 7) is 14.9. The fourth-order valence-corrected chi connectivity index (χ4v) is 1.62. The van der Waals surface area contributed by atoms with Crippen molar-refractivity contribution in [3.8, 4) is 0 Å². The zero-order valence-electron chi connectivity index (χ0n) is 9.02. The Kier molecular flexibility index (Phi) is 4.87. The van der Waals surface area contributed by atoms with Gasteiger partial charge in [0.05, 0.1) is 0 Å². The van der Waals surface area contributed by atoms with Crippen molar-refractivity contribution in [2.45, 2.75) is 53.6 Å². The maximum atomic E-state index is 2.38. The summed E-state index contributed by atoms with van der Waals surface area (Å²) < 4.78 is 0. The van der Waals surface area contributed by atoms with Gasteiger partial charge in [-0.2, -0.15) is 0 Å². The molecule has 0 aromatic heterocycles. The van der Waals surface area contributed by atoms with E-state index in [1.165, 1.54) is 6.32 Å². The van der Waals surface area contributed by atoms with Crippen LogP contribution < -0.4 is 0 Å². The molecule has 0 aromatic rings. The van der Waals surface area contributed by atoms with Crippen molar-refractivity contribution in [2.75, 3.05) is 0 Å². The van der Waals surface area contributed by atoms with Gasteiger partial charge < -0.3 is 0 Å². The van der Waals surface area contributed by atoms with E-state index in [1.54, 1.807) is 0 Å². The highest BCUT2D eigenvalue weighted by Gasteiger charge is 2.19. The fourth-order valence-electron chi connectivity index (χ4n) is 1.62. The summed E-state index contributed by atoms with van der Waals surface area (Å²) in [5.41, 5.74) is 0. The molecular weight excluding hydrogens is 131 g/mol. The minimum atomic E-state index is 0.837. The molecular formula is C10H23B. The summed E-state index contributed by atoms with van der Waals surface area (Å²) in [6.07, 6.45) is 1.37. The fraction of sp³-hybridized carbons (Fsp3) is 1.00. The Balaban J connectivity index is 3.73. The highest BCUT2D eigenvalue weighted by atomic mass is 14.0. The van der Waals surface area contributed by atoms with Gasteiger partial charge in [0.15, 0.2) is 0 Å². The van der Waals surface area contributed by atoms with Gasteiger partial charge in [0.1, 0.15) is 6.71 Å². The standard InChI is InChI=1S/C10H23B/c1-8(2)7-11(6)10(5)9(3)4/h8-10H,7H2,1-6H3. The van der Waals surface area contributed by atoms with Crippen molar-refractivity contribution in [2.24, 2.45) is 11.8 Å². The van der Waals surface area contributed by atoms with Gasteiger partial charge in [-0.05, 0) is 0 Å². The molecule has 0 aliphatic heterocycles. The Morgan fingerprint density at radius 3 is 1.73 bits per heavy atom. The molecule has 1 heteroatoms. The third-order valence-electron chi connectivity index (χ3n) is 2.79. The topological polar surface area (TPSA) is 0 Å². The molecule has 0 nitrogen and oxygen atoms in total. The zero-order valence-corrected chi connectivity index (χ0v) is 9.02. The summed E-state index contributed by atoms with van der Waals surface area (Å²) in [6, 6.07) is 0. The lowest BCUT2D eigenvalue weighted by molar-refractivity contribution is 0.601. The van der Waals surface area contributed by atoms with E-state index in [4.69, 9.17) is 0 Å². The average molecular weight is 154 g/mol. The van der Waals surface area contributed by atoms with Gasteiger partial charge >= 0.3 is 0 Å². The van der Waals surface area contributed by atoms with Crippen LogP contribution >= 0.6 is 0 Å². The molecule has 0 saturated heterocycles. The second kappa shape index (κ2) is 4.85. The molecule has 66 valence electrons. The summed E-state index contributed by atoms with van der Waals surface area (Å²) >= 11 is 0. The van der Waals surface area contributed by atoms with Gasteiger partial charge in [-0.25, -0.2) is 0 Å². The molecule has 0 bridgehead atoms. The molecule has 0 rings (SSSR count). The average Bonchev–Trinajstić information content (AvgIpc) is 1.84. The minimum Gasteiger partial charge on any atom is -0.0859 e. The Hall–Kier alpha value is 0.0649. The summed E-state index contributed by atoms with van der Waals surface area (Å²) in [5, 5.41) is 0. The first kappa shape index (κ1) is 11.1.